The van der Waals surface area contributed by atoms with Crippen LogP contribution in [0.4, 0.5) is 9.18 Å². The molecule has 0 heterocycles. The van der Waals surface area contributed by atoms with E-state index in [1.165, 1.54) is 6.07 Å². The molecule has 0 spiro atoms. The molecule has 100 valence electrons. The SMILES string of the molecule is CCOc1ccc(CCN(C)C(=O)NC)cc1F. The van der Waals surface area contributed by atoms with Crippen LogP contribution in [-0.4, -0.2) is 38.2 Å². The van der Waals surface area contributed by atoms with Crippen molar-refractivity contribution in [1.29, 1.82) is 0 Å². The molecule has 0 aromatic heterocycles. The van der Waals surface area contributed by atoms with Gasteiger partial charge in [0.2, 0.25) is 0 Å². The Bertz CT molecular complexity index is 410. The van der Waals surface area contributed by atoms with E-state index in [9.17, 15) is 9.18 Å². The molecule has 2 amide bonds. The van der Waals surface area contributed by atoms with Crippen molar-refractivity contribution in [3.05, 3.63) is 29.6 Å². The average Bonchev–Trinajstić information content (AvgIpc) is 2.38. The summed E-state index contributed by atoms with van der Waals surface area (Å²) >= 11 is 0. The first-order valence-corrected chi connectivity index (χ1v) is 5.92. The van der Waals surface area contributed by atoms with E-state index >= 15 is 0 Å². The number of carbonyl (C=O) groups excluding carboxylic acids is 1. The third kappa shape index (κ3) is 3.91. The number of carbonyl (C=O) groups is 1. The summed E-state index contributed by atoms with van der Waals surface area (Å²) in [4.78, 5) is 12.8. The monoisotopic (exact) mass is 254 g/mol. The zero-order chi connectivity index (χ0) is 13.5. The number of urea groups is 1. The van der Waals surface area contributed by atoms with Gasteiger partial charge in [-0.15, -0.1) is 0 Å². The number of benzene rings is 1. The van der Waals surface area contributed by atoms with Crippen molar-refractivity contribution in [3.8, 4) is 5.75 Å². The summed E-state index contributed by atoms with van der Waals surface area (Å²) < 4.78 is 18.7. The predicted octanol–water partition coefficient (Wildman–Crippen LogP) is 2.04. The molecule has 0 unspecified atom stereocenters. The van der Waals surface area contributed by atoms with Crippen molar-refractivity contribution in [2.24, 2.45) is 0 Å². The Balaban J connectivity index is 2.58. The Morgan fingerprint density at radius 2 is 2.22 bits per heavy atom. The van der Waals surface area contributed by atoms with Crippen molar-refractivity contribution in [1.82, 2.24) is 10.2 Å². The van der Waals surface area contributed by atoms with E-state index < -0.39 is 0 Å². The first-order chi connectivity index (χ1) is 8.58. The summed E-state index contributed by atoms with van der Waals surface area (Å²) in [6, 6.07) is 4.73. The number of amides is 2. The Morgan fingerprint density at radius 1 is 1.50 bits per heavy atom. The molecule has 0 saturated heterocycles. The summed E-state index contributed by atoms with van der Waals surface area (Å²) in [6.45, 7) is 2.79. The molecule has 1 aromatic rings. The van der Waals surface area contributed by atoms with Gasteiger partial charge in [0.15, 0.2) is 11.6 Å². The van der Waals surface area contributed by atoms with Crippen LogP contribution in [0, 0.1) is 5.82 Å². The summed E-state index contributed by atoms with van der Waals surface area (Å²) in [5.74, 6) is -0.0992. The summed E-state index contributed by atoms with van der Waals surface area (Å²) in [7, 11) is 3.28. The molecule has 5 heteroatoms. The maximum atomic E-state index is 13.6. The van der Waals surface area contributed by atoms with E-state index in [2.05, 4.69) is 5.32 Å². The topological polar surface area (TPSA) is 41.6 Å². The van der Waals surface area contributed by atoms with Crippen LogP contribution in [-0.2, 0) is 6.42 Å². The molecule has 4 nitrogen and oxygen atoms in total. The highest BCUT2D eigenvalue weighted by Crippen LogP contribution is 2.18. The van der Waals surface area contributed by atoms with Gasteiger partial charge in [0.1, 0.15) is 0 Å². The lowest BCUT2D eigenvalue weighted by atomic mass is 10.1. The molecular weight excluding hydrogens is 235 g/mol. The van der Waals surface area contributed by atoms with Gasteiger partial charge in [-0.25, -0.2) is 9.18 Å². The van der Waals surface area contributed by atoms with Crippen LogP contribution in [0.15, 0.2) is 18.2 Å². The molecule has 0 atom stereocenters. The molecule has 0 aliphatic carbocycles. The van der Waals surface area contributed by atoms with Crippen molar-refractivity contribution in [2.45, 2.75) is 13.3 Å². The Labute approximate surface area is 107 Å². The van der Waals surface area contributed by atoms with Crippen molar-refractivity contribution in [2.75, 3.05) is 27.2 Å². The second-order valence-corrected chi connectivity index (χ2v) is 3.92. The van der Waals surface area contributed by atoms with E-state index in [4.69, 9.17) is 4.74 Å². The number of ether oxygens (including phenoxy) is 1. The molecule has 18 heavy (non-hydrogen) atoms. The minimum absolute atomic E-state index is 0.151. The van der Waals surface area contributed by atoms with Crippen LogP contribution in [0.25, 0.3) is 0 Å². The zero-order valence-corrected chi connectivity index (χ0v) is 11.0. The summed E-state index contributed by atoms with van der Waals surface area (Å²) in [6.07, 6.45) is 0.604. The lowest BCUT2D eigenvalue weighted by molar-refractivity contribution is 0.211. The fourth-order valence-electron chi connectivity index (χ4n) is 1.56. The largest absolute Gasteiger partial charge is 0.491 e. The van der Waals surface area contributed by atoms with Gasteiger partial charge in [-0.1, -0.05) is 6.07 Å². The number of hydrogen-bond acceptors (Lipinski definition) is 2. The van der Waals surface area contributed by atoms with Gasteiger partial charge in [-0.3, -0.25) is 0 Å². The summed E-state index contributed by atoms with van der Waals surface area (Å²) in [5.41, 5.74) is 0.840. The third-order valence-corrected chi connectivity index (χ3v) is 2.59. The molecule has 0 aliphatic heterocycles. The van der Waals surface area contributed by atoms with E-state index in [1.807, 2.05) is 13.0 Å². The van der Waals surface area contributed by atoms with Gasteiger partial charge in [0.05, 0.1) is 6.61 Å². The fourth-order valence-corrected chi connectivity index (χ4v) is 1.56. The fraction of sp³-hybridized carbons (Fsp3) is 0.462. The van der Waals surface area contributed by atoms with Gasteiger partial charge in [-0.2, -0.15) is 0 Å². The number of halogens is 1. The van der Waals surface area contributed by atoms with Crippen LogP contribution in [0.1, 0.15) is 12.5 Å². The van der Waals surface area contributed by atoms with Crippen LogP contribution >= 0.6 is 0 Å². The number of rotatable bonds is 5. The third-order valence-electron chi connectivity index (χ3n) is 2.59. The number of likely N-dealkylation sites (N-methyl/N-ethyl adjacent to an activating group) is 1. The molecular formula is C13H19FN2O2. The Kier molecular flexibility index (Phi) is 5.42. The highest BCUT2D eigenvalue weighted by molar-refractivity contribution is 5.73. The Hall–Kier alpha value is -1.78. The number of hydrogen-bond donors (Lipinski definition) is 1. The standard InChI is InChI=1S/C13H19FN2O2/c1-4-18-12-6-5-10(9-11(12)14)7-8-16(3)13(17)15-2/h5-6,9H,4,7-8H2,1-3H3,(H,15,17). The molecule has 0 fully saturated rings. The quantitative estimate of drug-likeness (QED) is 0.873. The van der Waals surface area contributed by atoms with Crippen LogP contribution in [0.3, 0.4) is 0 Å². The first-order valence-electron chi connectivity index (χ1n) is 5.92. The maximum Gasteiger partial charge on any atom is 0.316 e. The van der Waals surface area contributed by atoms with Crippen LogP contribution in [0.5, 0.6) is 5.75 Å². The number of nitrogens with one attached hydrogen (secondary N) is 1. The predicted molar refractivity (Wildman–Crippen MR) is 68.4 cm³/mol. The van der Waals surface area contributed by atoms with Gasteiger partial charge in [-0.05, 0) is 31.0 Å². The summed E-state index contributed by atoms with van der Waals surface area (Å²) in [5, 5.41) is 2.53. The molecule has 1 rings (SSSR count). The second kappa shape index (κ2) is 6.83. The molecule has 0 radical (unpaired) electrons. The van der Waals surface area contributed by atoms with E-state index in [1.54, 1.807) is 25.1 Å². The minimum Gasteiger partial charge on any atom is -0.491 e. The van der Waals surface area contributed by atoms with Gasteiger partial charge >= 0.3 is 6.03 Å². The molecule has 1 aromatic carbocycles. The minimum atomic E-state index is -0.364. The second-order valence-electron chi connectivity index (χ2n) is 3.92. The zero-order valence-electron chi connectivity index (χ0n) is 11.0. The average molecular weight is 254 g/mol. The van der Waals surface area contributed by atoms with Gasteiger partial charge in [0, 0.05) is 20.6 Å². The van der Waals surface area contributed by atoms with Crippen LogP contribution < -0.4 is 10.1 Å². The highest BCUT2D eigenvalue weighted by atomic mass is 19.1. The molecule has 0 aliphatic rings. The lowest BCUT2D eigenvalue weighted by Crippen LogP contribution is -2.36. The van der Waals surface area contributed by atoms with Gasteiger partial charge in [0.25, 0.3) is 0 Å². The molecule has 0 saturated carbocycles. The van der Waals surface area contributed by atoms with Gasteiger partial charge < -0.3 is 15.0 Å². The Morgan fingerprint density at radius 3 is 2.78 bits per heavy atom. The van der Waals surface area contributed by atoms with Crippen molar-refractivity contribution < 1.29 is 13.9 Å². The van der Waals surface area contributed by atoms with Crippen LogP contribution in [0.2, 0.25) is 0 Å². The highest BCUT2D eigenvalue weighted by Gasteiger charge is 2.08. The molecule has 1 N–H and O–H groups in total. The molecule has 0 bridgehead atoms. The van der Waals surface area contributed by atoms with E-state index in [0.717, 1.165) is 5.56 Å². The van der Waals surface area contributed by atoms with E-state index in [0.29, 0.717) is 19.6 Å². The maximum absolute atomic E-state index is 13.6. The number of nitrogens with zero attached hydrogens (tertiary/aromatic N) is 1. The van der Waals surface area contributed by atoms with E-state index in [-0.39, 0.29) is 17.6 Å². The normalized spacial score (nSPS) is 10.0. The lowest BCUT2D eigenvalue weighted by Gasteiger charge is -2.16. The smallest absolute Gasteiger partial charge is 0.316 e. The first kappa shape index (κ1) is 14.3. The van der Waals surface area contributed by atoms with Crippen molar-refractivity contribution >= 4 is 6.03 Å². The van der Waals surface area contributed by atoms with Crippen molar-refractivity contribution in [3.63, 3.8) is 0 Å².